The van der Waals surface area contributed by atoms with Crippen LogP contribution in [0.5, 0.6) is 5.88 Å². The summed E-state index contributed by atoms with van der Waals surface area (Å²) < 4.78 is 74.0. The Kier molecular flexibility index (Phi) is 3.53. The molecule has 0 saturated heterocycles. The minimum Gasteiger partial charge on any atom is -0.387 e. The molecule has 1 aromatic rings. The molecule has 0 N–H and O–H groups in total. The first-order valence-corrected chi connectivity index (χ1v) is 6.19. The van der Waals surface area contributed by atoms with E-state index in [1.165, 1.54) is 0 Å². The van der Waals surface area contributed by atoms with Crippen LogP contribution in [-0.2, 0) is 9.05 Å². The molecule has 0 aliphatic carbocycles. The molecule has 1 rings (SSSR count). The van der Waals surface area contributed by atoms with E-state index >= 15 is 0 Å². The first-order valence-electron chi connectivity index (χ1n) is 3.88. The second kappa shape index (κ2) is 4.30. The molecule has 0 saturated carbocycles. The summed E-state index contributed by atoms with van der Waals surface area (Å²) >= 11 is 0. The summed E-state index contributed by atoms with van der Waals surface area (Å²) in [7, 11) is 0.432. The van der Waals surface area contributed by atoms with E-state index in [1.54, 1.807) is 0 Å². The number of hydrogen-bond donors (Lipinski definition) is 0. The van der Waals surface area contributed by atoms with Gasteiger partial charge in [-0.2, -0.15) is 0 Å². The average molecular weight is 294 g/mol. The van der Waals surface area contributed by atoms with Crippen molar-refractivity contribution in [1.29, 1.82) is 0 Å². The van der Waals surface area contributed by atoms with Gasteiger partial charge in [0.05, 0.1) is 6.20 Å². The summed E-state index contributed by atoms with van der Waals surface area (Å²) in [4.78, 5) is 2.04. The lowest BCUT2D eigenvalue weighted by molar-refractivity contribution is -0.276. The lowest BCUT2D eigenvalue weighted by Crippen LogP contribution is -2.19. The van der Waals surface area contributed by atoms with Crippen LogP contribution >= 0.6 is 10.7 Å². The van der Waals surface area contributed by atoms with E-state index in [0.29, 0.717) is 6.20 Å². The zero-order chi connectivity index (χ0) is 13.4. The van der Waals surface area contributed by atoms with E-state index in [9.17, 15) is 26.0 Å². The highest BCUT2D eigenvalue weighted by atomic mass is 35.7. The van der Waals surface area contributed by atoms with Crippen LogP contribution in [0.25, 0.3) is 0 Å². The van der Waals surface area contributed by atoms with Gasteiger partial charge in [-0.15, -0.1) is 13.2 Å². The third kappa shape index (κ3) is 3.43. The van der Waals surface area contributed by atoms with Gasteiger partial charge in [0.2, 0.25) is 5.88 Å². The molecule has 0 spiro atoms. The maximum Gasteiger partial charge on any atom is 0.574 e. The van der Waals surface area contributed by atoms with Crippen LogP contribution in [0, 0.1) is 12.7 Å². The van der Waals surface area contributed by atoms with E-state index in [1.807, 2.05) is 0 Å². The zero-order valence-electron chi connectivity index (χ0n) is 8.05. The van der Waals surface area contributed by atoms with Gasteiger partial charge in [-0.1, -0.05) is 0 Å². The molecule has 10 heteroatoms. The van der Waals surface area contributed by atoms with Crippen molar-refractivity contribution in [2.75, 3.05) is 0 Å². The molecule has 0 aromatic carbocycles. The Labute approximate surface area is 97.6 Å². The molecule has 1 aromatic heterocycles. The van der Waals surface area contributed by atoms with Crippen molar-refractivity contribution in [2.24, 2.45) is 0 Å². The first kappa shape index (κ1) is 14.0. The monoisotopic (exact) mass is 293 g/mol. The summed E-state index contributed by atoms with van der Waals surface area (Å²) in [5, 5.41) is 0. The van der Waals surface area contributed by atoms with Gasteiger partial charge in [0.1, 0.15) is 4.90 Å². The molecule has 0 radical (unpaired) electrons. The lowest BCUT2D eigenvalue weighted by atomic mass is 10.3. The molecule has 0 fully saturated rings. The highest BCUT2D eigenvalue weighted by Crippen LogP contribution is 2.29. The molecular weight excluding hydrogens is 290 g/mol. The van der Waals surface area contributed by atoms with E-state index in [2.05, 4.69) is 9.72 Å². The van der Waals surface area contributed by atoms with Crippen LogP contribution in [0.1, 0.15) is 5.56 Å². The second-order valence-corrected chi connectivity index (χ2v) is 5.39. The van der Waals surface area contributed by atoms with Gasteiger partial charge < -0.3 is 4.74 Å². The van der Waals surface area contributed by atoms with E-state index < -0.39 is 37.6 Å². The maximum absolute atomic E-state index is 13.4. The fraction of sp³-hybridized carbons (Fsp3) is 0.286. The minimum absolute atomic E-state index is 0.353. The molecule has 0 amide bonds. The molecule has 0 bridgehead atoms. The molecule has 0 atom stereocenters. The Hall–Kier alpha value is -1.09. The van der Waals surface area contributed by atoms with Crippen LogP contribution in [0.15, 0.2) is 11.1 Å². The van der Waals surface area contributed by atoms with Crippen LogP contribution in [0.2, 0.25) is 0 Å². The van der Waals surface area contributed by atoms with Crippen LogP contribution in [0.3, 0.4) is 0 Å². The Morgan fingerprint density at radius 1 is 1.41 bits per heavy atom. The van der Waals surface area contributed by atoms with E-state index in [-0.39, 0.29) is 0 Å². The number of nitrogens with zero attached hydrogens (tertiary/aromatic N) is 1. The van der Waals surface area contributed by atoms with Gasteiger partial charge in [-0.25, -0.2) is 17.8 Å². The average Bonchev–Trinajstić information content (AvgIpc) is 2.08. The third-order valence-electron chi connectivity index (χ3n) is 1.64. The number of halogens is 5. The van der Waals surface area contributed by atoms with E-state index in [0.717, 1.165) is 6.92 Å². The van der Waals surface area contributed by atoms with Crippen molar-refractivity contribution in [1.82, 2.24) is 4.98 Å². The number of aromatic nitrogens is 1. The molecule has 0 aliphatic rings. The van der Waals surface area contributed by atoms with Crippen molar-refractivity contribution >= 4 is 19.7 Å². The summed E-state index contributed by atoms with van der Waals surface area (Å²) in [5.41, 5.74) is -0.705. The topological polar surface area (TPSA) is 56.3 Å². The van der Waals surface area contributed by atoms with Gasteiger partial charge in [0.25, 0.3) is 9.05 Å². The van der Waals surface area contributed by atoms with Crippen molar-refractivity contribution in [3.05, 3.63) is 17.6 Å². The Morgan fingerprint density at radius 3 is 2.35 bits per heavy atom. The Balaban J connectivity index is 3.30. The second-order valence-electron chi connectivity index (χ2n) is 2.85. The maximum atomic E-state index is 13.4. The largest absolute Gasteiger partial charge is 0.574 e. The van der Waals surface area contributed by atoms with Crippen LogP contribution in [-0.4, -0.2) is 19.8 Å². The van der Waals surface area contributed by atoms with Gasteiger partial charge in [-0.05, 0) is 6.92 Å². The molecule has 1 heterocycles. The zero-order valence-corrected chi connectivity index (χ0v) is 9.62. The van der Waals surface area contributed by atoms with Crippen molar-refractivity contribution in [3.63, 3.8) is 0 Å². The van der Waals surface area contributed by atoms with E-state index in [4.69, 9.17) is 10.7 Å². The summed E-state index contributed by atoms with van der Waals surface area (Å²) in [6, 6.07) is 0. The molecule has 17 heavy (non-hydrogen) atoms. The highest BCUT2D eigenvalue weighted by molar-refractivity contribution is 8.13. The highest BCUT2D eigenvalue weighted by Gasteiger charge is 2.34. The van der Waals surface area contributed by atoms with Crippen LogP contribution < -0.4 is 4.74 Å². The fourth-order valence-electron chi connectivity index (χ4n) is 0.932. The third-order valence-corrected chi connectivity index (χ3v) is 2.95. The van der Waals surface area contributed by atoms with Gasteiger partial charge >= 0.3 is 6.36 Å². The Bertz CT molecular complexity index is 543. The molecular formula is C7H4ClF4NO3S. The molecule has 0 unspecified atom stereocenters. The standard InChI is InChI=1S/C7H4ClF4NO3S/c1-3-5(9)4(17(8,14)15)2-13-6(3)16-7(10,11)12/h2H,1H3. The van der Waals surface area contributed by atoms with Crippen LogP contribution in [0.4, 0.5) is 17.6 Å². The number of rotatable bonds is 2. The van der Waals surface area contributed by atoms with Gasteiger partial charge in [-0.3, -0.25) is 0 Å². The number of pyridine rings is 1. The molecule has 96 valence electrons. The molecule has 0 aliphatic heterocycles. The lowest BCUT2D eigenvalue weighted by Gasteiger charge is -2.11. The normalized spacial score (nSPS) is 12.6. The van der Waals surface area contributed by atoms with Gasteiger partial charge in [0.15, 0.2) is 5.82 Å². The van der Waals surface area contributed by atoms with Crippen molar-refractivity contribution in [3.8, 4) is 5.88 Å². The SMILES string of the molecule is Cc1c(OC(F)(F)F)ncc(S(=O)(=O)Cl)c1F. The number of ether oxygens (including phenoxy) is 1. The fourth-order valence-corrected chi connectivity index (χ4v) is 1.80. The minimum atomic E-state index is -5.05. The summed E-state index contributed by atoms with van der Waals surface area (Å²) in [6.45, 7) is 0.884. The van der Waals surface area contributed by atoms with Gasteiger partial charge in [0, 0.05) is 16.2 Å². The molecule has 4 nitrogen and oxygen atoms in total. The summed E-state index contributed by atoms with van der Waals surface area (Å²) in [6.07, 6.45) is -4.70. The number of hydrogen-bond acceptors (Lipinski definition) is 4. The van der Waals surface area contributed by atoms with Crippen molar-refractivity contribution in [2.45, 2.75) is 18.2 Å². The van der Waals surface area contributed by atoms with Crippen molar-refractivity contribution < 1.29 is 30.7 Å². The summed E-state index contributed by atoms with van der Waals surface area (Å²) in [5.74, 6) is -2.51. The first-order chi connectivity index (χ1) is 7.52. The Morgan fingerprint density at radius 2 is 1.94 bits per heavy atom. The number of alkyl halides is 3. The quantitative estimate of drug-likeness (QED) is 0.620. The predicted octanol–water partition coefficient (Wildman–Crippen LogP) is 2.36. The predicted molar refractivity (Wildman–Crippen MR) is 48.7 cm³/mol. The smallest absolute Gasteiger partial charge is 0.387 e.